The number of carboxylic acid groups (broad SMARTS) is 1. The summed E-state index contributed by atoms with van der Waals surface area (Å²) in [5.41, 5.74) is 8.68. The Morgan fingerprint density at radius 1 is 1.00 bits per heavy atom. The quantitative estimate of drug-likeness (QED) is 0.520. The molecule has 4 rings (SSSR count). The fourth-order valence-electron chi connectivity index (χ4n) is 4.35. The van der Waals surface area contributed by atoms with Crippen molar-refractivity contribution in [3.63, 3.8) is 0 Å². The molecule has 3 nitrogen and oxygen atoms in total. The lowest BCUT2D eigenvalue weighted by Crippen LogP contribution is -2.02. The van der Waals surface area contributed by atoms with E-state index in [0.717, 1.165) is 24.2 Å². The molecule has 0 spiro atoms. The fourth-order valence-corrected chi connectivity index (χ4v) is 4.35. The Balaban J connectivity index is 1.48. The summed E-state index contributed by atoms with van der Waals surface area (Å²) < 4.78 is 6.12. The van der Waals surface area contributed by atoms with Gasteiger partial charge in [-0.05, 0) is 90.6 Å². The van der Waals surface area contributed by atoms with Crippen molar-refractivity contribution in [3.8, 4) is 16.9 Å². The van der Waals surface area contributed by atoms with E-state index in [1.807, 2.05) is 18.2 Å². The summed E-state index contributed by atoms with van der Waals surface area (Å²) in [5.74, 6) is 0.238. The Labute approximate surface area is 178 Å². The van der Waals surface area contributed by atoms with Gasteiger partial charge in [0.05, 0.1) is 5.92 Å². The van der Waals surface area contributed by atoms with Crippen LogP contribution in [0.3, 0.4) is 0 Å². The largest absolute Gasteiger partial charge is 0.489 e. The van der Waals surface area contributed by atoms with Crippen LogP contribution in [0, 0.1) is 32.6 Å². The third kappa shape index (κ3) is 4.25. The molecule has 1 N–H and O–H groups in total. The number of rotatable bonds is 7. The van der Waals surface area contributed by atoms with Crippen molar-refractivity contribution in [2.45, 2.75) is 40.2 Å². The van der Waals surface area contributed by atoms with Crippen molar-refractivity contribution in [2.24, 2.45) is 11.8 Å². The van der Waals surface area contributed by atoms with Gasteiger partial charge < -0.3 is 9.84 Å². The number of ether oxygens (including phenoxy) is 1. The second-order valence-corrected chi connectivity index (χ2v) is 8.44. The molecule has 2 atom stereocenters. The molecule has 0 bridgehead atoms. The van der Waals surface area contributed by atoms with E-state index in [1.54, 1.807) is 0 Å². The van der Waals surface area contributed by atoms with Crippen molar-refractivity contribution in [2.75, 3.05) is 0 Å². The predicted molar refractivity (Wildman–Crippen MR) is 120 cm³/mol. The maximum Gasteiger partial charge on any atom is 0.306 e. The van der Waals surface area contributed by atoms with Crippen LogP contribution in [0.5, 0.6) is 5.75 Å². The zero-order valence-corrected chi connectivity index (χ0v) is 17.8. The molecule has 3 aromatic rings. The topological polar surface area (TPSA) is 46.5 Å². The standard InChI is InChI=1S/C27H28O3/c1-17-7-4-8-18(2)26(17)24-12-6-10-21(19(24)3)16-30-23-11-5-9-20(14-23)13-22-15-25(22)27(28)29/h4-12,14,22,25H,13,15-16H2,1-3H3,(H,28,29)/t22-,25?/m1/s1. The second-order valence-electron chi connectivity index (χ2n) is 8.44. The van der Waals surface area contributed by atoms with Gasteiger partial charge >= 0.3 is 5.97 Å². The lowest BCUT2D eigenvalue weighted by molar-refractivity contribution is -0.138. The van der Waals surface area contributed by atoms with E-state index >= 15 is 0 Å². The molecule has 1 unspecified atom stereocenters. The van der Waals surface area contributed by atoms with Crippen LogP contribution < -0.4 is 4.74 Å². The summed E-state index contributed by atoms with van der Waals surface area (Å²) in [4.78, 5) is 11.1. The van der Waals surface area contributed by atoms with Gasteiger partial charge in [-0.15, -0.1) is 0 Å². The summed E-state index contributed by atoms with van der Waals surface area (Å²) in [6.45, 7) is 6.99. The Bertz CT molecular complexity index is 1060. The van der Waals surface area contributed by atoms with Crippen LogP contribution in [0.15, 0.2) is 60.7 Å². The molecule has 1 saturated carbocycles. The molecule has 0 aromatic heterocycles. The maximum absolute atomic E-state index is 11.1. The van der Waals surface area contributed by atoms with Crippen LogP contribution in [0.4, 0.5) is 0 Å². The summed E-state index contributed by atoms with van der Waals surface area (Å²) >= 11 is 0. The Morgan fingerprint density at radius 2 is 1.70 bits per heavy atom. The van der Waals surface area contributed by atoms with Crippen molar-refractivity contribution < 1.29 is 14.6 Å². The third-order valence-electron chi connectivity index (χ3n) is 6.23. The zero-order valence-electron chi connectivity index (χ0n) is 17.8. The zero-order chi connectivity index (χ0) is 21.3. The molecule has 0 aliphatic heterocycles. The molecule has 3 heteroatoms. The summed E-state index contributed by atoms with van der Waals surface area (Å²) in [5, 5.41) is 9.11. The van der Waals surface area contributed by atoms with E-state index in [9.17, 15) is 4.79 Å². The van der Waals surface area contributed by atoms with Gasteiger partial charge in [0, 0.05) is 0 Å². The lowest BCUT2D eigenvalue weighted by Gasteiger charge is -2.16. The van der Waals surface area contributed by atoms with Crippen molar-refractivity contribution in [1.82, 2.24) is 0 Å². The third-order valence-corrected chi connectivity index (χ3v) is 6.23. The lowest BCUT2D eigenvalue weighted by atomic mass is 9.91. The number of aliphatic carboxylic acids is 1. The number of hydrogen-bond acceptors (Lipinski definition) is 2. The van der Waals surface area contributed by atoms with Crippen LogP contribution in [-0.4, -0.2) is 11.1 Å². The van der Waals surface area contributed by atoms with Gasteiger partial charge in [-0.25, -0.2) is 0 Å². The summed E-state index contributed by atoms with van der Waals surface area (Å²) in [6.07, 6.45) is 1.58. The molecule has 0 amide bonds. The molecule has 30 heavy (non-hydrogen) atoms. The van der Waals surface area contributed by atoms with Crippen LogP contribution in [0.25, 0.3) is 11.1 Å². The highest BCUT2D eigenvalue weighted by atomic mass is 16.5. The van der Waals surface area contributed by atoms with E-state index in [4.69, 9.17) is 9.84 Å². The smallest absolute Gasteiger partial charge is 0.306 e. The number of aryl methyl sites for hydroxylation is 2. The van der Waals surface area contributed by atoms with Crippen LogP contribution in [0.1, 0.15) is 34.2 Å². The highest BCUT2D eigenvalue weighted by Gasteiger charge is 2.42. The van der Waals surface area contributed by atoms with Gasteiger partial charge in [0.2, 0.25) is 0 Å². The van der Waals surface area contributed by atoms with E-state index in [-0.39, 0.29) is 11.8 Å². The minimum absolute atomic E-state index is 0.176. The molecule has 0 heterocycles. The normalized spacial score (nSPS) is 17.6. The van der Waals surface area contributed by atoms with E-state index in [0.29, 0.717) is 6.61 Å². The van der Waals surface area contributed by atoms with Gasteiger partial charge in [0.25, 0.3) is 0 Å². The van der Waals surface area contributed by atoms with Gasteiger partial charge in [-0.2, -0.15) is 0 Å². The van der Waals surface area contributed by atoms with Crippen molar-refractivity contribution in [1.29, 1.82) is 0 Å². The van der Waals surface area contributed by atoms with Gasteiger partial charge in [-0.1, -0.05) is 48.5 Å². The fraction of sp³-hybridized carbons (Fsp3) is 0.296. The molecule has 0 saturated heterocycles. The second kappa shape index (κ2) is 8.35. The average Bonchev–Trinajstić information content (AvgIpc) is 3.48. The molecule has 0 radical (unpaired) electrons. The molecule has 1 aliphatic rings. The first kappa shape index (κ1) is 20.2. The highest BCUT2D eigenvalue weighted by Crippen LogP contribution is 2.41. The van der Waals surface area contributed by atoms with Gasteiger partial charge in [0.1, 0.15) is 12.4 Å². The molecular weight excluding hydrogens is 372 g/mol. The Hall–Kier alpha value is -3.07. The van der Waals surface area contributed by atoms with Crippen LogP contribution in [-0.2, 0) is 17.8 Å². The number of carbonyl (C=O) groups is 1. The van der Waals surface area contributed by atoms with Crippen molar-refractivity contribution in [3.05, 3.63) is 88.5 Å². The predicted octanol–water partition coefficient (Wildman–Crippen LogP) is 6.12. The average molecular weight is 401 g/mol. The number of carboxylic acids is 1. The number of benzene rings is 3. The monoisotopic (exact) mass is 400 g/mol. The minimum atomic E-state index is -0.674. The van der Waals surface area contributed by atoms with E-state index in [2.05, 4.69) is 63.2 Å². The van der Waals surface area contributed by atoms with Gasteiger partial charge in [0.15, 0.2) is 0 Å². The SMILES string of the molecule is Cc1cccc(C)c1-c1cccc(COc2cccc(C[C@@H]3CC3C(=O)O)c2)c1C. The number of hydrogen-bond donors (Lipinski definition) is 1. The van der Waals surface area contributed by atoms with E-state index in [1.165, 1.54) is 33.4 Å². The van der Waals surface area contributed by atoms with Crippen LogP contribution >= 0.6 is 0 Å². The Kier molecular flexibility index (Phi) is 5.63. The summed E-state index contributed by atoms with van der Waals surface area (Å²) in [6, 6.07) is 20.9. The first-order chi connectivity index (χ1) is 14.4. The minimum Gasteiger partial charge on any atom is -0.489 e. The molecule has 1 aliphatic carbocycles. The highest BCUT2D eigenvalue weighted by molar-refractivity contribution is 5.74. The molecule has 154 valence electrons. The molecule has 1 fully saturated rings. The maximum atomic E-state index is 11.1. The molecular formula is C27H28O3. The Morgan fingerprint density at radius 3 is 2.40 bits per heavy atom. The first-order valence-electron chi connectivity index (χ1n) is 10.5. The molecule has 3 aromatic carbocycles. The van der Waals surface area contributed by atoms with Crippen molar-refractivity contribution >= 4 is 5.97 Å². The summed E-state index contributed by atoms with van der Waals surface area (Å²) in [7, 11) is 0. The first-order valence-corrected chi connectivity index (χ1v) is 10.5. The van der Waals surface area contributed by atoms with Gasteiger partial charge in [-0.3, -0.25) is 4.79 Å². The van der Waals surface area contributed by atoms with E-state index < -0.39 is 5.97 Å². The van der Waals surface area contributed by atoms with Crippen LogP contribution in [0.2, 0.25) is 0 Å².